The first-order chi connectivity index (χ1) is 11.3. The van der Waals surface area contributed by atoms with Gasteiger partial charge in [0.1, 0.15) is 0 Å². The molecule has 128 valence electrons. The van der Waals surface area contributed by atoms with Gasteiger partial charge < -0.3 is 0 Å². The van der Waals surface area contributed by atoms with E-state index in [0.717, 1.165) is 36.6 Å². The molecule has 24 heavy (non-hydrogen) atoms. The molecular weight excluding hydrogens is 339 g/mol. The zero-order chi connectivity index (χ0) is 17.3. The lowest BCUT2D eigenvalue weighted by atomic mass is 10.2. The van der Waals surface area contributed by atoms with Gasteiger partial charge in [0.2, 0.25) is 5.91 Å². The second-order valence-electron chi connectivity index (χ2n) is 5.66. The molecule has 2 heterocycles. The van der Waals surface area contributed by atoms with Crippen LogP contribution in [0.1, 0.15) is 23.8 Å². The molecule has 1 saturated heterocycles. The smallest absolute Gasteiger partial charge is 0.298 e. The molecule has 0 unspecified atom stereocenters. The van der Waals surface area contributed by atoms with Crippen LogP contribution < -0.4 is 4.80 Å². The quantitative estimate of drug-likeness (QED) is 0.848. The molecule has 0 radical (unpaired) electrons. The third-order valence-corrected chi connectivity index (χ3v) is 4.72. The number of carbonyl (C=O) groups is 1. The first-order valence-corrected chi connectivity index (χ1v) is 8.31. The molecule has 0 saturated carbocycles. The SMILES string of the molecule is CC(=O)N=c1sc(CN2CCC2)cn1-c1ccc(C(F)(F)F)cc1. The third-order valence-electron chi connectivity index (χ3n) is 3.76. The molecule has 0 aliphatic carbocycles. The van der Waals surface area contributed by atoms with Crippen molar-refractivity contribution in [2.75, 3.05) is 13.1 Å². The number of thiazole rings is 1. The van der Waals surface area contributed by atoms with Gasteiger partial charge in [0, 0.05) is 30.2 Å². The fraction of sp³-hybridized carbons (Fsp3) is 0.375. The van der Waals surface area contributed by atoms with Crippen LogP contribution in [0.15, 0.2) is 35.5 Å². The molecule has 0 N–H and O–H groups in total. The maximum Gasteiger partial charge on any atom is 0.416 e. The van der Waals surface area contributed by atoms with Gasteiger partial charge in [-0.15, -0.1) is 0 Å². The summed E-state index contributed by atoms with van der Waals surface area (Å²) in [6, 6.07) is 4.85. The van der Waals surface area contributed by atoms with Crippen molar-refractivity contribution in [2.45, 2.75) is 26.1 Å². The number of alkyl halides is 3. The number of halogens is 3. The van der Waals surface area contributed by atoms with E-state index in [1.165, 1.54) is 36.8 Å². The van der Waals surface area contributed by atoms with E-state index >= 15 is 0 Å². The lowest BCUT2D eigenvalue weighted by Crippen LogP contribution is -2.35. The van der Waals surface area contributed by atoms with Crippen molar-refractivity contribution in [1.29, 1.82) is 0 Å². The normalized spacial score (nSPS) is 16.2. The summed E-state index contributed by atoms with van der Waals surface area (Å²) in [5.74, 6) is -0.340. The molecule has 4 nitrogen and oxygen atoms in total. The van der Waals surface area contributed by atoms with E-state index in [1.807, 2.05) is 6.20 Å². The van der Waals surface area contributed by atoms with E-state index in [1.54, 1.807) is 4.57 Å². The fourth-order valence-corrected chi connectivity index (χ4v) is 3.50. The molecule has 1 amide bonds. The van der Waals surface area contributed by atoms with Crippen molar-refractivity contribution in [2.24, 2.45) is 4.99 Å². The monoisotopic (exact) mass is 355 g/mol. The Morgan fingerprint density at radius 2 is 1.92 bits per heavy atom. The summed E-state index contributed by atoms with van der Waals surface area (Å²) in [6.45, 7) is 4.19. The summed E-state index contributed by atoms with van der Waals surface area (Å²) >= 11 is 1.38. The second kappa shape index (κ2) is 6.52. The summed E-state index contributed by atoms with van der Waals surface area (Å²) < 4.78 is 39.7. The van der Waals surface area contributed by atoms with E-state index in [9.17, 15) is 18.0 Å². The van der Waals surface area contributed by atoms with Crippen LogP contribution in [0.5, 0.6) is 0 Å². The first-order valence-electron chi connectivity index (χ1n) is 7.49. The van der Waals surface area contributed by atoms with E-state index < -0.39 is 11.7 Å². The number of amides is 1. The minimum absolute atomic E-state index is 0.340. The van der Waals surface area contributed by atoms with E-state index in [2.05, 4.69) is 9.89 Å². The van der Waals surface area contributed by atoms with Crippen LogP contribution in [-0.2, 0) is 17.5 Å². The Morgan fingerprint density at radius 3 is 2.42 bits per heavy atom. The zero-order valence-electron chi connectivity index (χ0n) is 13.0. The van der Waals surface area contributed by atoms with Crippen LogP contribution in [-0.4, -0.2) is 28.5 Å². The molecule has 1 aromatic heterocycles. The van der Waals surface area contributed by atoms with Gasteiger partial charge >= 0.3 is 6.18 Å². The molecule has 0 atom stereocenters. The van der Waals surface area contributed by atoms with Crippen molar-refractivity contribution >= 4 is 17.2 Å². The molecule has 2 aromatic rings. The highest BCUT2D eigenvalue weighted by Crippen LogP contribution is 2.29. The van der Waals surface area contributed by atoms with Crippen molar-refractivity contribution in [1.82, 2.24) is 9.47 Å². The van der Waals surface area contributed by atoms with Gasteiger partial charge in [0.25, 0.3) is 0 Å². The van der Waals surface area contributed by atoms with E-state index in [-0.39, 0.29) is 5.91 Å². The Morgan fingerprint density at radius 1 is 1.25 bits per heavy atom. The van der Waals surface area contributed by atoms with Gasteiger partial charge in [-0.3, -0.25) is 14.3 Å². The predicted molar refractivity (Wildman–Crippen MR) is 84.8 cm³/mol. The van der Waals surface area contributed by atoms with Crippen LogP contribution in [0.3, 0.4) is 0 Å². The van der Waals surface area contributed by atoms with Gasteiger partial charge in [-0.25, -0.2) is 0 Å². The summed E-state index contributed by atoms with van der Waals surface area (Å²) in [4.78, 5) is 19.1. The lowest BCUT2D eigenvalue weighted by molar-refractivity contribution is -0.137. The van der Waals surface area contributed by atoms with Gasteiger partial charge in [-0.05, 0) is 43.8 Å². The Hall–Kier alpha value is -1.93. The van der Waals surface area contributed by atoms with Gasteiger partial charge in [0.15, 0.2) is 4.80 Å². The Bertz CT molecular complexity index is 801. The average molecular weight is 355 g/mol. The summed E-state index contributed by atoms with van der Waals surface area (Å²) in [6.07, 6.45) is -1.35. The minimum atomic E-state index is -4.37. The molecule has 1 fully saturated rings. The standard InChI is InChI=1S/C16H16F3N3OS/c1-11(23)20-15-22(10-14(24-15)9-21-7-2-8-21)13-5-3-12(4-6-13)16(17,18)19/h3-6,10H,2,7-9H2,1H3. The molecule has 1 aromatic carbocycles. The lowest BCUT2D eigenvalue weighted by Gasteiger charge is -2.29. The molecule has 8 heteroatoms. The summed E-state index contributed by atoms with van der Waals surface area (Å²) in [5.41, 5.74) is -0.151. The van der Waals surface area contributed by atoms with E-state index in [4.69, 9.17) is 0 Å². The fourth-order valence-electron chi connectivity index (χ4n) is 2.43. The Kier molecular flexibility index (Phi) is 4.60. The molecular formula is C16H16F3N3OS. The number of hydrogen-bond acceptors (Lipinski definition) is 3. The van der Waals surface area contributed by atoms with Crippen molar-refractivity contribution in [3.63, 3.8) is 0 Å². The third kappa shape index (κ3) is 3.76. The molecule has 0 bridgehead atoms. The summed E-state index contributed by atoms with van der Waals surface area (Å²) in [5, 5.41) is 0. The number of hydrogen-bond donors (Lipinski definition) is 0. The van der Waals surface area contributed by atoms with Crippen LogP contribution in [0, 0.1) is 0 Å². The van der Waals surface area contributed by atoms with Crippen LogP contribution in [0.25, 0.3) is 5.69 Å². The van der Waals surface area contributed by atoms with E-state index in [0.29, 0.717) is 10.5 Å². The van der Waals surface area contributed by atoms with Crippen LogP contribution in [0.2, 0.25) is 0 Å². The van der Waals surface area contributed by atoms with Crippen LogP contribution >= 0.6 is 11.3 Å². The Balaban J connectivity index is 1.97. The number of likely N-dealkylation sites (tertiary alicyclic amines) is 1. The van der Waals surface area contributed by atoms with Crippen molar-refractivity contribution < 1.29 is 18.0 Å². The largest absolute Gasteiger partial charge is 0.416 e. The Labute approximate surface area is 140 Å². The molecule has 0 spiro atoms. The highest BCUT2D eigenvalue weighted by molar-refractivity contribution is 7.09. The second-order valence-corrected chi connectivity index (χ2v) is 6.75. The average Bonchev–Trinajstić information content (AvgIpc) is 2.84. The van der Waals surface area contributed by atoms with Gasteiger partial charge in [0.05, 0.1) is 5.56 Å². The van der Waals surface area contributed by atoms with Crippen molar-refractivity contribution in [3.05, 3.63) is 45.7 Å². The van der Waals surface area contributed by atoms with Crippen LogP contribution in [0.4, 0.5) is 13.2 Å². The van der Waals surface area contributed by atoms with Gasteiger partial charge in [-0.1, -0.05) is 11.3 Å². The highest BCUT2D eigenvalue weighted by Gasteiger charge is 2.30. The minimum Gasteiger partial charge on any atom is -0.298 e. The zero-order valence-corrected chi connectivity index (χ0v) is 13.8. The number of aromatic nitrogens is 1. The molecule has 1 aliphatic heterocycles. The topological polar surface area (TPSA) is 37.6 Å². The highest BCUT2D eigenvalue weighted by atomic mass is 32.1. The number of nitrogens with zero attached hydrogens (tertiary/aromatic N) is 3. The van der Waals surface area contributed by atoms with Crippen molar-refractivity contribution in [3.8, 4) is 5.69 Å². The maximum atomic E-state index is 12.7. The molecule has 3 rings (SSSR count). The maximum absolute atomic E-state index is 12.7. The number of carbonyl (C=O) groups excluding carboxylic acids is 1. The predicted octanol–water partition coefficient (Wildman–Crippen LogP) is 3.21. The number of benzene rings is 1. The van der Waals surface area contributed by atoms with Gasteiger partial charge in [-0.2, -0.15) is 18.2 Å². The first kappa shape index (κ1) is 16.9. The number of rotatable bonds is 3. The summed E-state index contributed by atoms with van der Waals surface area (Å²) in [7, 11) is 0. The molecule has 1 aliphatic rings.